The highest BCUT2D eigenvalue weighted by Crippen LogP contribution is 2.20. The first kappa shape index (κ1) is 23.3. The van der Waals surface area contributed by atoms with Gasteiger partial charge in [-0.05, 0) is 36.1 Å². The van der Waals surface area contributed by atoms with Crippen LogP contribution < -0.4 is 11.1 Å². The molecule has 0 aliphatic heterocycles. The van der Waals surface area contributed by atoms with Crippen LogP contribution in [0.2, 0.25) is 0 Å². The fourth-order valence-electron chi connectivity index (χ4n) is 2.32. The lowest BCUT2D eigenvalue weighted by molar-refractivity contribution is -0.116. The zero-order chi connectivity index (χ0) is 18.5. The van der Waals surface area contributed by atoms with E-state index < -0.39 is 5.82 Å². The summed E-state index contributed by atoms with van der Waals surface area (Å²) in [5, 5.41) is 2.53. The van der Waals surface area contributed by atoms with E-state index in [1.165, 1.54) is 17.0 Å². The van der Waals surface area contributed by atoms with Crippen molar-refractivity contribution in [1.82, 2.24) is 4.90 Å². The van der Waals surface area contributed by atoms with Crippen LogP contribution in [0.15, 0.2) is 18.2 Å². The molecule has 3 N–H and O–H groups in total. The third kappa shape index (κ3) is 7.40. The second-order valence-electron chi connectivity index (χ2n) is 7.37. The molecular weight excluding hydrogens is 345 g/mol. The Morgan fingerprint density at radius 3 is 2.40 bits per heavy atom. The van der Waals surface area contributed by atoms with Crippen LogP contribution in [0.3, 0.4) is 0 Å². The molecule has 0 atom stereocenters. The summed E-state index contributed by atoms with van der Waals surface area (Å²) in [5.41, 5.74) is 5.79. The number of nitrogens with one attached hydrogen (secondary N) is 1. The largest absolute Gasteiger partial charge is 0.341 e. The van der Waals surface area contributed by atoms with Crippen LogP contribution >= 0.6 is 12.4 Å². The van der Waals surface area contributed by atoms with E-state index in [-0.39, 0.29) is 46.8 Å². The van der Waals surface area contributed by atoms with E-state index >= 15 is 0 Å². The molecule has 0 bridgehead atoms. The van der Waals surface area contributed by atoms with Crippen molar-refractivity contribution in [3.63, 3.8) is 0 Å². The summed E-state index contributed by atoms with van der Waals surface area (Å²) in [6, 6.07) is 4.09. The molecule has 0 aliphatic carbocycles. The number of benzene rings is 1. The minimum Gasteiger partial charge on any atom is -0.341 e. The summed E-state index contributed by atoms with van der Waals surface area (Å²) in [6.45, 7) is 8.67. The Hall–Kier alpha value is -1.66. The summed E-state index contributed by atoms with van der Waals surface area (Å²) < 4.78 is 14.2. The molecule has 5 nitrogen and oxygen atoms in total. The number of carbonyl (C=O) groups excluding carboxylic acids is 2. The number of nitrogens with zero attached hydrogens (tertiary/aromatic N) is 1. The molecule has 0 spiro atoms. The fourth-order valence-corrected chi connectivity index (χ4v) is 2.32. The summed E-state index contributed by atoms with van der Waals surface area (Å²) in [5.74, 6) is -0.960. The van der Waals surface area contributed by atoms with Gasteiger partial charge in [0.15, 0.2) is 0 Å². The van der Waals surface area contributed by atoms with Gasteiger partial charge in [0.1, 0.15) is 5.82 Å². The number of amides is 2. The number of carbonyl (C=O) groups is 2. The van der Waals surface area contributed by atoms with Crippen LogP contribution in [0.25, 0.3) is 0 Å². The summed E-state index contributed by atoms with van der Waals surface area (Å²) >= 11 is 0. The molecule has 0 heterocycles. The molecular formula is C18H29ClFN3O2. The Morgan fingerprint density at radius 1 is 1.32 bits per heavy atom. The van der Waals surface area contributed by atoms with Gasteiger partial charge in [0.25, 0.3) is 5.91 Å². The lowest BCUT2D eigenvalue weighted by Crippen LogP contribution is -2.39. The lowest BCUT2D eigenvalue weighted by Gasteiger charge is -2.29. The molecule has 0 aliphatic rings. The molecule has 2 amide bonds. The molecule has 142 valence electrons. The molecule has 1 aromatic carbocycles. The Kier molecular flexibility index (Phi) is 9.08. The molecule has 0 saturated carbocycles. The molecule has 0 saturated heterocycles. The number of hydrogen-bond donors (Lipinski definition) is 2. The predicted octanol–water partition coefficient (Wildman–Crippen LogP) is 3.29. The van der Waals surface area contributed by atoms with Crippen molar-refractivity contribution in [3.05, 3.63) is 29.6 Å². The van der Waals surface area contributed by atoms with Gasteiger partial charge in [0, 0.05) is 25.6 Å². The SMILES string of the molecule is CC(C)CC(=O)Nc1ccc(C(=O)N(C)CC(C)(C)CN)cc1F.Cl. The van der Waals surface area contributed by atoms with Crippen molar-refractivity contribution in [3.8, 4) is 0 Å². The molecule has 0 fully saturated rings. The van der Waals surface area contributed by atoms with Gasteiger partial charge in [-0.15, -0.1) is 12.4 Å². The van der Waals surface area contributed by atoms with E-state index in [1.54, 1.807) is 7.05 Å². The molecule has 25 heavy (non-hydrogen) atoms. The monoisotopic (exact) mass is 373 g/mol. The standard InChI is InChI=1S/C18H28FN3O2.ClH/c1-12(2)8-16(23)21-15-7-6-13(9-14(15)19)17(24)22(5)11-18(3,4)10-20;/h6-7,9,12H,8,10-11,20H2,1-5H3,(H,21,23);1H. The first-order valence-corrected chi connectivity index (χ1v) is 8.10. The van der Waals surface area contributed by atoms with E-state index in [9.17, 15) is 14.0 Å². The topological polar surface area (TPSA) is 75.4 Å². The highest BCUT2D eigenvalue weighted by atomic mass is 35.5. The highest BCUT2D eigenvalue weighted by Gasteiger charge is 2.22. The van der Waals surface area contributed by atoms with Crippen molar-refractivity contribution >= 4 is 29.9 Å². The normalized spacial score (nSPS) is 11.0. The Morgan fingerprint density at radius 2 is 1.92 bits per heavy atom. The second-order valence-corrected chi connectivity index (χ2v) is 7.37. The molecule has 7 heteroatoms. The van der Waals surface area contributed by atoms with Gasteiger partial charge in [-0.25, -0.2) is 4.39 Å². The van der Waals surface area contributed by atoms with Gasteiger partial charge in [-0.2, -0.15) is 0 Å². The Labute approximate surface area is 155 Å². The van der Waals surface area contributed by atoms with Crippen LogP contribution in [0.4, 0.5) is 10.1 Å². The van der Waals surface area contributed by atoms with Crippen molar-refractivity contribution < 1.29 is 14.0 Å². The molecule has 1 rings (SSSR count). The molecule has 1 aromatic rings. The van der Waals surface area contributed by atoms with Crippen LogP contribution in [-0.4, -0.2) is 36.9 Å². The van der Waals surface area contributed by atoms with Crippen LogP contribution in [0.5, 0.6) is 0 Å². The van der Waals surface area contributed by atoms with Crippen LogP contribution in [0.1, 0.15) is 44.5 Å². The number of nitrogens with two attached hydrogens (primary N) is 1. The predicted molar refractivity (Wildman–Crippen MR) is 102 cm³/mol. The number of rotatable bonds is 7. The molecule has 0 aromatic heterocycles. The second kappa shape index (κ2) is 9.73. The van der Waals surface area contributed by atoms with Gasteiger partial charge in [0.05, 0.1) is 5.69 Å². The molecule has 0 radical (unpaired) electrons. The minimum atomic E-state index is -0.621. The van der Waals surface area contributed by atoms with Crippen LogP contribution in [0, 0.1) is 17.2 Å². The third-order valence-electron chi connectivity index (χ3n) is 3.65. The van der Waals surface area contributed by atoms with E-state index in [0.717, 1.165) is 6.07 Å². The Bertz CT molecular complexity index is 606. The van der Waals surface area contributed by atoms with Crippen molar-refractivity contribution in [2.75, 3.05) is 25.5 Å². The number of hydrogen-bond acceptors (Lipinski definition) is 3. The average molecular weight is 374 g/mol. The quantitative estimate of drug-likeness (QED) is 0.770. The van der Waals surface area contributed by atoms with Gasteiger partial charge in [-0.3, -0.25) is 9.59 Å². The maximum Gasteiger partial charge on any atom is 0.253 e. The van der Waals surface area contributed by atoms with Gasteiger partial charge in [-0.1, -0.05) is 27.7 Å². The van der Waals surface area contributed by atoms with Crippen molar-refractivity contribution in [2.45, 2.75) is 34.1 Å². The van der Waals surface area contributed by atoms with Gasteiger partial charge >= 0.3 is 0 Å². The maximum absolute atomic E-state index is 14.2. The third-order valence-corrected chi connectivity index (χ3v) is 3.65. The number of anilines is 1. The van der Waals surface area contributed by atoms with E-state index in [2.05, 4.69) is 5.32 Å². The summed E-state index contributed by atoms with van der Waals surface area (Å²) in [7, 11) is 1.66. The maximum atomic E-state index is 14.2. The van der Waals surface area contributed by atoms with Crippen molar-refractivity contribution in [2.24, 2.45) is 17.1 Å². The zero-order valence-electron chi connectivity index (χ0n) is 15.6. The van der Waals surface area contributed by atoms with E-state index in [4.69, 9.17) is 5.73 Å². The van der Waals surface area contributed by atoms with Gasteiger partial charge < -0.3 is 16.0 Å². The van der Waals surface area contributed by atoms with E-state index in [0.29, 0.717) is 19.5 Å². The zero-order valence-corrected chi connectivity index (χ0v) is 16.4. The smallest absolute Gasteiger partial charge is 0.253 e. The highest BCUT2D eigenvalue weighted by molar-refractivity contribution is 5.96. The van der Waals surface area contributed by atoms with Crippen LogP contribution in [-0.2, 0) is 4.79 Å². The minimum absolute atomic E-state index is 0. The van der Waals surface area contributed by atoms with E-state index in [1.807, 2.05) is 27.7 Å². The number of halogens is 2. The first-order chi connectivity index (χ1) is 11.1. The van der Waals surface area contributed by atoms with Crippen molar-refractivity contribution in [1.29, 1.82) is 0 Å². The van der Waals surface area contributed by atoms with Gasteiger partial charge in [0.2, 0.25) is 5.91 Å². The fraction of sp³-hybridized carbons (Fsp3) is 0.556. The lowest BCUT2D eigenvalue weighted by atomic mass is 9.93. The summed E-state index contributed by atoms with van der Waals surface area (Å²) in [6.07, 6.45) is 0.316. The average Bonchev–Trinajstić information content (AvgIpc) is 2.47. The summed E-state index contributed by atoms with van der Waals surface area (Å²) in [4.78, 5) is 25.7. The first-order valence-electron chi connectivity index (χ1n) is 8.10. The molecule has 0 unspecified atom stereocenters. The Balaban J connectivity index is 0.00000576.